The molecule has 216 valence electrons. The summed E-state index contributed by atoms with van der Waals surface area (Å²) in [4.78, 5) is 24.7. The summed E-state index contributed by atoms with van der Waals surface area (Å²) in [6, 6.07) is 5.74. The van der Waals surface area contributed by atoms with Crippen molar-refractivity contribution in [2.75, 3.05) is 6.61 Å². The highest BCUT2D eigenvalue weighted by atomic mass is 35.5. The number of alkyl halides is 3. The molecule has 4 atom stereocenters. The van der Waals surface area contributed by atoms with Gasteiger partial charge in [0.15, 0.2) is 0 Å². The van der Waals surface area contributed by atoms with Crippen molar-refractivity contribution < 1.29 is 41.4 Å². The number of rotatable bonds is 8. The van der Waals surface area contributed by atoms with Crippen LogP contribution in [0.25, 0.3) is 0 Å². The first-order chi connectivity index (χ1) is 18.7. The van der Waals surface area contributed by atoms with Crippen molar-refractivity contribution in [3.63, 3.8) is 0 Å². The van der Waals surface area contributed by atoms with E-state index in [0.29, 0.717) is 12.8 Å². The van der Waals surface area contributed by atoms with Crippen molar-refractivity contribution in [2.24, 2.45) is 5.41 Å². The minimum atomic E-state index is -5.53. The van der Waals surface area contributed by atoms with Crippen LogP contribution in [-0.4, -0.2) is 41.9 Å². The molecule has 2 aromatic rings. The zero-order valence-electron chi connectivity index (χ0n) is 21.3. The van der Waals surface area contributed by atoms with E-state index < -0.39 is 69.2 Å². The lowest BCUT2D eigenvalue weighted by Gasteiger charge is -2.40. The number of carbonyl (C=O) groups excluding carboxylic acids is 2. The van der Waals surface area contributed by atoms with E-state index in [9.17, 15) is 33.1 Å². The monoisotopic (exact) mass is 606 g/mol. The number of halogens is 7. The lowest BCUT2D eigenvalue weighted by Crippen LogP contribution is -2.46. The second-order valence-electron chi connectivity index (χ2n) is 9.70. The second kappa shape index (κ2) is 12.0. The van der Waals surface area contributed by atoms with Gasteiger partial charge in [0.2, 0.25) is 0 Å². The van der Waals surface area contributed by atoms with Gasteiger partial charge < -0.3 is 9.84 Å². The number of aliphatic hydroxyl groups excluding tert-OH is 1. The Labute approximate surface area is 237 Å². The normalized spacial score (nSPS) is 23.1. The quantitative estimate of drug-likeness (QED) is 0.218. The maximum absolute atomic E-state index is 15.6. The summed E-state index contributed by atoms with van der Waals surface area (Å²) < 4.78 is 74.2. The fraction of sp³-hybridized carbons (Fsp3) is 0.444. The Hall–Kier alpha value is -2.78. The molecule has 1 aliphatic rings. The van der Waals surface area contributed by atoms with E-state index in [-0.39, 0.29) is 23.6 Å². The van der Waals surface area contributed by atoms with Crippen molar-refractivity contribution in [3.05, 3.63) is 69.2 Å². The molecule has 3 rings (SSSR count). The van der Waals surface area contributed by atoms with Gasteiger partial charge in [-0.1, -0.05) is 55.2 Å². The number of hydrogen-bond acceptors (Lipinski definition) is 6. The van der Waals surface area contributed by atoms with Gasteiger partial charge in [-0.25, -0.2) is 18.4 Å². The molecule has 1 saturated heterocycles. The number of hydrogen-bond donors (Lipinski definition) is 2. The molecular formula is C27H25Cl2F5N2O4. The number of esters is 2. The van der Waals surface area contributed by atoms with Crippen LogP contribution >= 0.6 is 23.2 Å². The van der Waals surface area contributed by atoms with Gasteiger partial charge in [0, 0.05) is 29.2 Å². The molecule has 1 heterocycles. The largest absolute Gasteiger partial charge is 0.491 e. The molecule has 2 aromatic carbocycles. The number of ether oxygens (including phenoxy) is 1. The van der Waals surface area contributed by atoms with E-state index >= 15 is 8.78 Å². The predicted molar refractivity (Wildman–Crippen MR) is 135 cm³/mol. The fourth-order valence-corrected chi connectivity index (χ4v) is 5.73. The van der Waals surface area contributed by atoms with Gasteiger partial charge in [-0.05, 0) is 48.4 Å². The van der Waals surface area contributed by atoms with Gasteiger partial charge >= 0.3 is 18.1 Å². The Morgan fingerprint density at radius 1 is 1.15 bits per heavy atom. The molecule has 1 aliphatic heterocycles. The summed E-state index contributed by atoms with van der Waals surface area (Å²) in [5.74, 6) is -8.43. The number of aliphatic hydroxyl groups is 1. The smallest absolute Gasteiger partial charge is 0.396 e. The average Bonchev–Trinajstić information content (AvgIpc) is 3.22. The summed E-state index contributed by atoms with van der Waals surface area (Å²) in [6.07, 6.45) is -4.90. The fourth-order valence-electron chi connectivity index (χ4n) is 5.39. The third-order valence-electron chi connectivity index (χ3n) is 7.78. The van der Waals surface area contributed by atoms with Crippen molar-refractivity contribution in [1.82, 2.24) is 5.32 Å². The SMILES string of the molecule is CCC(CC)(CO)C[C@@H]1N[C@@H](C(=O)OC(=O)C(F)(F)F)[C@H](c2cccc(Cl)c2F)[C@@]1(C#N)c1ccc(Cl)cc1F. The van der Waals surface area contributed by atoms with Gasteiger partial charge in [-0.3, -0.25) is 5.32 Å². The Morgan fingerprint density at radius 2 is 1.80 bits per heavy atom. The maximum Gasteiger partial charge on any atom is 0.491 e. The van der Waals surface area contributed by atoms with Crippen molar-refractivity contribution in [2.45, 2.75) is 62.7 Å². The molecule has 13 heteroatoms. The van der Waals surface area contributed by atoms with Crippen LogP contribution in [-0.2, 0) is 19.7 Å². The maximum atomic E-state index is 15.6. The summed E-state index contributed by atoms with van der Waals surface area (Å²) >= 11 is 11.9. The van der Waals surface area contributed by atoms with Crippen LogP contribution in [0.1, 0.15) is 50.2 Å². The zero-order valence-corrected chi connectivity index (χ0v) is 22.8. The molecular weight excluding hydrogens is 582 g/mol. The van der Waals surface area contributed by atoms with E-state index in [0.717, 1.165) is 18.2 Å². The lowest BCUT2D eigenvalue weighted by molar-refractivity contribution is -0.202. The lowest BCUT2D eigenvalue weighted by atomic mass is 9.61. The van der Waals surface area contributed by atoms with E-state index in [4.69, 9.17) is 23.2 Å². The molecule has 40 heavy (non-hydrogen) atoms. The first kappa shape index (κ1) is 31.7. The molecule has 0 unspecified atom stereocenters. The van der Waals surface area contributed by atoms with Crippen molar-refractivity contribution in [3.8, 4) is 6.07 Å². The third-order valence-corrected chi connectivity index (χ3v) is 8.31. The number of nitrogens with zero attached hydrogens (tertiary/aromatic N) is 1. The highest BCUT2D eigenvalue weighted by Crippen LogP contribution is 2.53. The summed E-state index contributed by atoms with van der Waals surface area (Å²) in [5.41, 5.74) is -3.81. The molecule has 2 N–H and O–H groups in total. The first-order valence-electron chi connectivity index (χ1n) is 12.2. The van der Waals surface area contributed by atoms with Crippen LogP contribution < -0.4 is 5.32 Å². The highest BCUT2D eigenvalue weighted by Gasteiger charge is 2.62. The molecule has 0 amide bonds. The summed E-state index contributed by atoms with van der Waals surface area (Å²) in [6.45, 7) is 3.13. The Kier molecular flexibility index (Phi) is 9.51. The van der Waals surface area contributed by atoms with Crippen molar-refractivity contribution >= 4 is 35.1 Å². The van der Waals surface area contributed by atoms with Crippen LogP contribution in [0.4, 0.5) is 22.0 Å². The molecule has 1 fully saturated rings. The molecule has 6 nitrogen and oxygen atoms in total. The van der Waals surface area contributed by atoms with Crippen LogP contribution in [0.15, 0.2) is 36.4 Å². The van der Waals surface area contributed by atoms with Crippen LogP contribution in [0, 0.1) is 28.4 Å². The topological polar surface area (TPSA) is 99.4 Å². The minimum absolute atomic E-state index is 0.0408. The van der Waals surface area contributed by atoms with Crippen LogP contribution in [0.2, 0.25) is 10.0 Å². The van der Waals surface area contributed by atoms with Gasteiger partial charge in [0.1, 0.15) is 23.1 Å². The zero-order chi connectivity index (χ0) is 30.0. The van der Waals surface area contributed by atoms with Crippen LogP contribution in [0.3, 0.4) is 0 Å². The van der Waals surface area contributed by atoms with Gasteiger partial charge in [-0.15, -0.1) is 0 Å². The number of nitrogens with one attached hydrogen (secondary N) is 1. The van der Waals surface area contributed by atoms with Gasteiger partial charge in [0.25, 0.3) is 0 Å². The predicted octanol–water partition coefficient (Wildman–Crippen LogP) is 5.98. The molecule has 0 aliphatic carbocycles. The second-order valence-corrected chi connectivity index (χ2v) is 10.5. The summed E-state index contributed by atoms with van der Waals surface area (Å²) in [7, 11) is 0. The Morgan fingerprint density at radius 3 is 2.33 bits per heavy atom. The molecule has 0 bridgehead atoms. The van der Waals surface area contributed by atoms with Gasteiger partial charge in [0.05, 0.1) is 11.1 Å². The Balaban J connectivity index is 2.37. The van der Waals surface area contributed by atoms with E-state index in [2.05, 4.69) is 10.1 Å². The van der Waals surface area contributed by atoms with Gasteiger partial charge in [-0.2, -0.15) is 18.4 Å². The van der Waals surface area contributed by atoms with E-state index in [1.165, 1.54) is 18.2 Å². The number of benzene rings is 2. The highest BCUT2D eigenvalue weighted by molar-refractivity contribution is 6.31. The third kappa shape index (κ3) is 5.68. The number of nitriles is 1. The first-order valence-corrected chi connectivity index (χ1v) is 13.0. The molecule has 0 radical (unpaired) electrons. The summed E-state index contributed by atoms with van der Waals surface area (Å²) in [5, 5.41) is 23.3. The van der Waals surface area contributed by atoms with Crippen LogP contribution in [0.5, 0.6) is 0 Å². The van der Waals surface area contributed by atoms with E-state index in [1.54, 1.807) is 13.8 Å². The molecule has 0 aromatic heterocycles. The molecule has 0 spiro atoms. The number of carbonyl (C=O) groups is 2. The van der Waals surface area contributed by atoms with Crippen molar-refractivity contribution in [1.29, 1.82) is 5.26 Å². The average molecular weight is 607 g/mol. The minimum Gasteiger partial charge on any atom is -0.396 e. The molecule has 0 saturated carbocycles. The van der Waals surface area contributed by atoms with E-state index in [1.807, 2.05) is 6.07 Å². The standard InChI is InChI=1S/C27H25Cl2F5N2O4/c1-3-25(4-2,13-37)11-19-26(12-35,16-9-8-14(28)10-18(16)30)20(15-6-5-7-17(29)21(15)31)22(36-19)23(38)40-24(39)27(32,33)34/h5-10,19-20,22,36-37H,3-4,11,13H2,1-2H3/t19-,20-,22+,26-/m0/s1. The Bertz CT molecular complexity index is 1320.